The summed E-state index contributed by atoms with van der Waals surface area (Å²) in [6.45, 7) is 0.680. The van der Waals surface area contributed by atoms with E-state index in [0.717, 1.165) is 11.3 Å². The highest BCUT2D eigenvalue weighted by atomic mass is 16.3. The first-order chi connectivity index (χ1) is 12.7. The van der Waals surface area contributed by atoms with Crippen molar-refractivity contribution < 1.29 is 9.52 Å². The number of fused-ring (bicyclic) bond motifs is 1. The number of hydrogen-bond donors (Lipinski definition) is 1. The number of para-hydroxylation sites is 2. The zero-order valence-electron chi connectivity index (χ0n) is 14.3. The van der Waals surface area contributed by atoms with Crippen molar-refractivity contribution in [3.63, 3.8) is 0 Å². The van der Waals surface area contributed by atoms with Gasteiger partial charge >= 0.3 is 0 Å². The maximum atomic E-state index is 9.34. The number of nitriles is 1. The van der Waals surface area contributed by atoms with Crippen molar-refractivity contribution in [3.05, 3.63) is 66.1 Å². The van der Waals surface area contributed by atoms with E-state index in [4.69, 9.17) is 9.52 Å². The summed E-state index contributed by atoms with van der Waals surface area (Å²) in [7, 11) is 1.92. The monoisotopic (exact) mass is 343 g/mol. The summed E-state index contributed by atoms with van der Waals surface area (Å²) in [5.41, 5.74) is 3.47. The second-order valence-electron chi connectivity index (χ2n) is 5.62. The van der Waals surface area contributed by atoms with Gasteiger partial charge in [-0.15, -0.1) is 0 Å². The third kappa shape index (κ3) is 3.92. The Labute approximate surface area is 151 Å². The van der Waals surface area contributed by atoms with Gasteiger partial charge in [0.25, 0.3) is 0 Å². The summed E-state index contributed by atoms with van der Waals surface area (Å²) in [5.74, 6) is 6.15. The highest BCUT2D eigenvalue weighted by molar-refractivity contribution is 5.80. The summed E-state index contributed by atoms with van der Waals surface area (Å²) in [4.78, 5) is 6.26. The molecule has 3 rings (SSSR count). The number of aromatic nitrogens is 1. The number of likely N-dealkylation sites (N-methyl/N-ethyl adjacent to an activating group) is 1. The first-order valence-corrected chi connectivity index (χ1v) is 8.11. The second-order valence-corrected chi connectivity index (χ2v) is 5.62. The molecule has 0 unspecified atom stereocenters. The Hall–Kier alpha value is -3.54. The molecular formula is C21H17N3O2. The minimum atomic E-state index is 0.107. The quantitative estimate of drug-likeness (QED) is 0.582. The molecule has 0 fully saturated rings. The molecule has 0 aliphatic rings. The molecule has 0 radical (unpaired) electrons. The molecule has 1 aromatic heterocycles. The Morgan fingerprint density at radius 3 is 2.69 bits per heavy atom. The Bertz CT molecular complexity index is 998. The van der Waals surface area contributed by atoms with Gasteiger partial charge in [0.05, 0.1) is 6.61 Å². The Morgan fingerprint density at radius 2 is 2.00 bits per heavy atom. The molecule has 0 saturated carbocycles. The van der Waals surface area contributed by atoms with Gasteiger partial charge in [-0.3, -0.25) is 0 Å². The fourth-order valence-corrected chi connectivity index (χ4v) is 2.40. The molecule has 128 valence electrons. The Kier molecular flexibility index (Phi) is 5.34. The maximum Gasteiger partial charge on any atom is 0.238 e. The van der Waals surface area contributed by atoms with E-state index < -0.39 is 0 Å². The number of nitrogens with zero attached hydrogens (tertiary/aromatic N) is 3. The Balaban J connectivity index is 1.79. The molecular weight excluding hydrogens is 326 g/mol. The molecule has 1 N–H and O–H groups in total. The molecule has 26 heavy (non-hydrogen) atoms. The van der Waals surface area contributed by atoms with Gasteiger partial charge in [-0.1, -0.05) is 24.0 Å². The normalized spacial score (nSPS) is 10.9. The van der Waals surface area contributed by atoms with Crippen molar-refractivity contribution >= 4 is 22.4 Å². The average Bonchev–Trinajstić information content (AvgIpc) is 3.10. The van der Waals surface area contributed by atoms with Crippen LogP contribution in [-0.2, 0) is 0 Å². The number of oxazole rings is 1. The predicted molar refractivity (Wildman–Crippen MR) is 101 cm³/mol. The molecule has 0 aliphatic carbocycles. The van der Waals surface area contributed by atoms with Crippen LogP contribution < -0.4 is 4.90 Å². The smallest absolute Gasteiger partial charge is 0.238 e. The molecule has 0 atom stereocenters. The van der Waals surface area contributed by atoms with Gasteiger partial charge in [0.2, 0.25) is 5.89 Å². The van der Waals surface area contributed by atoms with Gasteiger partial charge < -0.3 is 14.4 Å². The van der Waals surface area contributed by atoms with Crippen LogP contribution in [0, 0.1) is 23.2 Å². The van der Waals surface area contributed by atoms with Crippen molar-refractivity contribution in [1.82, 2.24) is 4.98 Å². The molecule has 3 aromatic rings. The standard InChI is InChI=1S/C21H17N3O2/c1-24(13-14-25)18-11-9-16(10-12-18)5-4-6-17(15-22)21-23-19-7-2-3-8-20(19)26-21/h2-3,6-12,25H,13-14H2,1H3/b17-6+. The van der Waals surface area contributed by atoms with Gasteiger partial charge in [0.15, 0.2) is 5.58 Å². The van der Waals surface area contributed by atoms with Gasteiger partial charge in [0, 0.05) is 30.9 Å². The zero-order valence-corrected chi connectivity index (χ0v) is 14.3. The van der Waals surface area contributed by atoms with Crippen LogP contribution in [0.15, 0.2) is 59.0 Å². The maximum absolute atomic E-state index is 9.34. The second kappa shape index (κ2) is 8.02. The van der Waals surface area contributed by atoms with Gasteiger partial charge in [-0.25, -0.2) is 4.98 Å². The van der Waals surface area contributed by atoms with Gasteiger partial charge in [-0.2, -0.15) is 5.26 Å². The highest BCUT2D eigenvalue weighted by Crippen LogP contribution is 2.20. The summed E-state index contributed by atoms with van der Waals surface area (Å²) >= 11 is 0. The van der Waals surface area contributed by atoms with E-state index in [0.29, 0.717) is 17.6 Å². The lowest BCUT2D eigenvalue weighted by molar-refractivity contribution is 0.304. The topological polar surface area (TPSA) is 73.3 Å². The number of benzene rings is 2. The average molecular weight is 343 g/mol. The van der Waals surface area contributed by atoms with Crippen LogP contribution in [0.5, 0.6) is 0 Å². The molecule has 1 heterocycles. The predicted octanol–water partition coefficient (Wildman–Crippen LogP) is 3.21. The third-order valence-corrected chi connectivity index (χ3v) is 3.82. The van der Waals surface area contributed by atoms with Crippen LogP contribution in [0.3, 0.4) is 0 Å². The number of rotatable bonds is 4. The molecule has 0 spiro atoms. The van der Waals surface area contributed by atoms with Crippen LogP contribution in [0.25, 0.3) is 16.7 Å². The number of allylic oxidation sites excluding steroid dienone is 2. The van der Waals surface area contributed by atoms with E-state index in [2.05, 4.69) is 22.9 Å². The summed E-state index contributed by atoms with van der Waals surface area (Å²) in [6.07, 6.45) is 1.51. The van der Waals surface area contributed by atoms with Crippen molar-refractivity contribution in [1.29, 1.82) is 5.26 Å². The van der Waals surface area contributed by atoms with Crippen LogP contribution in [0.1, 0.15) is 11.5 Å². The fraction of sp³-hybridized carbons (Fsp3) is 0.143. The Morgan fingerprint density at radius 1 is 1.23 bits per heavy atom. The lowest BCUT2D eigenvalue weighted by Gasteiger charge is -2.17. The minimum Gasteiger partial charge on any atom is -0.435 e. The SMILES string of the molecule is CN(CCO)c1ccc(C#C/C=C(\C#N)c2nc3ccccc3o2)cc1. The summed E-state index contributed by atoms with van der Waals surface area (Å²) in [5, 5.41) is 18.3. The molecule has 5 heteroatoms. The van der Waals surface area contributed by atoms with E-state index >= 15 is 0 Å². The number of anilines is 1. The van der Waals surface area contributed by atoms with Crippen molar-refractivity contribution in [2.24, 2.45) is 0 Å². The van der Waals surface area contributed by atoms with Crippen molar-refractivity contribution in [2.45, 2.75) is 0 Å². The minimum absolute atomic E-state index is 0.107. The van der Waals surface area contributed by atoms with E-state index in [9.17, 15) is 5.26 Å². The van der Waals surface area contributed by atoms with E-state index in [-0.39, 0.29) is 18.1 Å². The van der Waals surface area contributed by atoms with Crippen LogP contribution >= 0.6 is 0 Å². The first kappa shape index (κ1) is 17.3. The summed E-state index contributed by atoms with van der Waals surface area (Å²) < 4.78 is 5.59. The largest absolute Gasteiger partial charge is 0.435 e. The van der Waals surface area contributed by atoms with E-state index in [1.54, 1.807) is 0 Å². The van der Waals surface area contributed by atoms with Crippen molar-refractivity contribution in [2.75, 3.05) is 25.1 Å². The zero-order chi connectivity index (χ0) is 18.4. The fourth-order valence-electron chi connectivity index (χ4n) is 2.40. The number of aliphatic hydroxyl groups excluding tert-OH is 1. The number of hydrogen-bond acceptors (Lipinski definition) is 5. The molecule has 0 aliphatic heterocycles. The lowest BCUT2D eigenvalue weighted by Crippen LogP contribution is -2.20. The van der Waals surface area contributed by atoms with Crippen LogP contribution in [-0.4, -0.2) is 30.3 Å². The highest BCUT2D eigenvalue weighted by Gasteiger charge is 2.09. The third-order valence-electron chi connectivity index (χ3n) is 3.82. The number of aliphatic hydroxyl groups is 1. The van der Waals surface area contributed by atoms with Gasteiger partial charge in [-0.05, 0) is 36.4 Å². The molecule has 2 aromatic carbocycles. The van der Waals surface area contributed by atoms with Gasteiger partial charge in [0.1, 0.15) is 17.2 Å². The molecule has 0 amide bonds. The molecule has 5 nitrogen and oxygen atoms in total. The lowest BCUT2D eigenvalue weighted by atomic mass is 10.2. The van der Waals surface area contributed by atoms with E-state index in [1.165, 1.54) is 6.08 Å². The van der Waals surface area contributed by atoms with Crippen LogP contribution in [0.2, 0.25) is 0 Å². The van der Waals surface area contributed by atoms with E-state index in [1.807, 2.05) is 60.5 Å². The van der Waals surface area contributed by atoms with Crippen molar-refractivity contribution in [3.8, 4) is 17.9 Å². The van der Waals surface area contributed by atoms with Crippen LogP contribution in [0.4, 0.5) is 5.69 Å². The molecule has 0 saturated heterocycles. The summed E-state index contributed by atoms with van der Waals surface area (Å²) in [6, 6.07) is 17.1. The molecule has 0 bridgehead atoms. The first-order valence-electron chi connectivity index (χ1n) is 8.11.